The first-order valence-corrected chi connectivity index (χ1v) is 6.63. The molecule has 1 aliphatic rings. The summed E-state index contributed by atoms with van der Waals surface area (Å²) < 4.78 is 0. The quantitative estimate of drug-likeness (QED) is 0.627. The van der Waals surface area contributed by atoms with Crippen molar-refractivity contribution in [3.8, 4) is 0 Å². The van der Waals surface area contributed by atoms with Crippen LogP contribution in [0.15, 0.2) is 6.33 Å². The number of rotatable bonds is 5. The molecule has 0 radical (unpaired) electrons. The van der Waals surface area contributed by atoms with Gasteiger partial charge < -0.3 is 10.6 Å². The Morgan fingerprint density at radius 1 is 1.32 bits per heavy atom. The molecule has 2 rings (SSSR count). The van der Waals surface area contributed by atoms with Crippen LogP contribution in [0.3, 0.4) is 0 Å². The van der Waals surface area contributed by atoms with Crippen LogP contribution in [-0.4, -0.2) is 28.5 Å². The lowest BCUT2D eigenvalue weighted by Crippen LogP contribution is -2.18. The van der Waals surface area contributed by atoms with Crippen LogP contribution < -0.4 is 10.6 Å². The first kappa shape index (κ1) is 13.5. The summed E-state index contributed by atoms with van der Waals surface area (Å²) in [5.74, 6) is 1.13. The third-order valence-electron chi connectivity index (χ3n) is 3.52. The molecule has 0 atom stereocenters. The van der Waals surface area contributed by atoms with Gasteiger partial charge in [-0.25, -0.2) is 9.97 Å². The average Bonchev–Trinajstić information content (AvgIpc) is 2.45. The fraction of sp³-hybridized carbons (Fsp3) is 0.667. The molecule has 0 bridgehead atoms. The smallest absolute Gasteiger partial charge is 0.353 e. The zero-order valence-electron chi connectivity index (χ0n) is 11.1. The Hall–Kier alpha value is -1.92. The highest BCUT2D eigenvalue weighted by atomic mass is 16.6. The molecular weight excluding hydrogens is 246 g/mol. The summed E-state index contributed by atoms with van der Waals surface area (Å²) in [6, 6.07) is 0. The highest BCUT2D eigenvalue weighted by molar-refractivity contribution is 5.68. The lowest BCUT2D eigenvalue weighted by molar-refractivity contribution is -0.383. The molecule has 0 aliphatic heterocycles. The van der Waals surface area contributed by atoms with E-state index in [2.05, 4.69) is 20.6 Å². The molecule has 2 N–H and O–H groups in total. The predicted octanol–water partition coefficient (Wildman–Crippen LogP) is 2.42. The summed E-state index contributed by atoms with van der Waals surface area (Å²) in [5.41, 5.74) is -0.0826. The molecule has 104 valence electrons. The molecule has 0 saturated heterocycles. The van der Waals surface area contributed by atoms with Gasteiger partial charge in [-0.15, -0.1) is 0 Å². The number of anilines is 2. The fourth-order valence-electron chi connectivity index (χ4n) is 2.50. The van der Waals surface area contributed by atoms with Gasteiger partial charge in [-0.2, -0.15) is 0 Å². The third kappa shape index (κ3) is 3.30. The summed E-state index contributed by atoms with van der Waals surface area (Å²) in [7, 11) is 1.61. The molecule has 7 nitrogen and oxygen atoms in total. The van der Waals surface area contributed by atoms with Gasteiger partial charge in [0.15, 0.2) is 0 Å². The second-order valence-electron chi connectivity index (χ2n) is 4.81. The summed E-state index contributed by atoms with van der Waals surface area (Å²) in [6.07, 6.45) is 7.51. The van der Waals surface area contributed by atoms with Gasteiger partial charge in [0.05, 0.1) is 4.92 Å². The average molecular weight is 265 g/mol. The number of aromatic nitrogens is 2. The highest BCUT2D eigenvalue weighted by Crippen LogP contribution is 2.30. The molecule has 1 aliphatic carbocycles. The number of nitro groups is 1. The maximum atomic E-state index is 11.1. The SMILES string of the molecule is CNc1ncnc(NCC2CCCCC2)c1[N+](=O)[O-]. The zero-order chi connectivity index (χ0) is 13.7. The van der Waals surface area contributed by atoms with Gasteiger partial charge in [-0.05, 0) is 18.8 Å². The van der Waals surface area contributed by atoms with Crippen molar-refractivity contribution < 1.29 is 4.92 Å². The van der Waals surface area contributed by atoms with Crippen LogP contribution in [0.4, 0.5) is 17.3 Å². The molecule has 1 aromatic heterocycles. The van der Waals surface area contributed by atoms with Crippen LogP contribution in [0, 0.1) is 16.0 Å². The van der Waals surface area contributed by atoms with Gasteiger partial charge in [-0.1, -0.05) is 19.3 Å². The van der Waals surface area contributed by atoms with Crippen molar-refractivity contribution in [1.82, 2.24) is 9.97 Å². The van der Waals surface area contributed by atoms with Gasteiger partial charge in [0.2, 0.25) is 11.6 Å². The van der Waals surface area contributed by atoms with Crippen molar-refractivity contribution in [2.75, 3.05) is 24.2 Å². The predicted molar refractivity (Wildman–Crippen MR) is 73.3 cm³/mol. The van der Waals surface area contributed by atoms with E-state index in [-0.39, 0.29) is 11.5 Å². The van der Waals surface area contributed by atoms with E-state index in [1.807, 2.05) is 0 Å². The van der Waals surface area contributed by atoms with E-state index < -0.39 is 4.92 Å². The van der Waals surface area contributed by atoms with Crippen LogP contribution in [0.2, 0.25) is 0 Å². The summed E-state index contributed by atoms with van der Waals surface area (Å²) in [6.45, 7) is 0.737. The molecule has 19 heavy (non-hydrogen) atoms. The maximum absolute atomic E-state index is 11.1. The van der Waals surface area contributed by atoms with Crippen molar-refractivity contribution in [3.63, 3.8) is 0 Å². The van der Waals surface area contributed by atoms with E-state index >= 15 is 0 Å². The fourth-order valence-corrected chi connectivity index (χ4v) is 2.50. The molecule has 7 heteroatoms. The van der Waals surface area contributed by atoms with Crippen LogP contribution in [-0.2, 0) is 0 Å². The van der Waals surface area contributed by atoms with Crippen LogP contribution >= 0.6 is 0 Å². The number of nitrogens with one attached hydrogen (secondary N) is 2. The zero-order valence-corrected chi connectivity index (χ0v) is 11.1. The molecule has 1 saturated carbocycles. The number of hydrogen-bond donors (Lipinski definition) is 2. The summed E-state index contributed by atoms with van der Waals surface area (Å²) >= 11 is 0. The van der Waals surface area contributed by atoms with Crippen molar-refractivity contribution >= 4 is 17.3 Å². The van der Waals surface area contributed by atoms with Crippen LogP contribution in [0.1, 0.15) is 32.1 Å². The van der Waals surface area contributed by atoms with E-state index in [1.54, 1.807) is 7.05 Å². The topological polar surface area (TPSA) is 93.0 Å². The second kappa shape index (κ2) is 6.31. The minimum absolute atomic E-state index is 0.0826. The highest BCUT2D eigenvalue weighted by Gasteiger charge is 2.23. The van der Waals surface area contributed by atoms with Gasteiger partial charge in [-0.3, -0.25) is 10.1 Å². The van der Waals surface area contributed by atoms with Gasteiger partial charge >= 0.3 is 5.69 Å². The van der Waals surface area contributed by atoms with Gasteiger partial charge in [0, 0.05) is 13.6 Å². The Balaban J connectivity index is 2.08. The second-order valence-corrected chi connectivity index (χ2v) is 4.81. The molecule has 0 aromatic carbocycles. The third-order valence-corrected chi connectivity index (χ3v) is 3.52. The molecular formula is C12H19N5O2. The van der Waals surface area contributed by atoms with Gasteiger partial charge in [0.1, 0.15) is 6.33 Å². The summed E-state index contributed by atoms with van der Waals surface area (Å²) in [5, 5.41) is 16.9. The molecule has 1 heterocycles. The standard InChI is InChI=1S/C12H19N5O2/c1-13-11-10(17(18)19)12(16-8-15-11)14-7-9-5-3-2-4-6-9/h8-9H,2-7H2,1H3,(H2,13,14,15,16). The van der Waals surface area contributed by atoms with Crippen LogP contribution in [0.25, 0.3) is 0 Å². The Bertz CT molecular complexity index is 446. The summed E-state index contributed by atoms with van der Waals surface area (Å²) in [4.78, 5) is 18.5. The first-order chi connectivity index (χ1) is 9.22. The maximum Gasteiger partial charge on any atom is 0.353 e. The Morgan fingerprint density at radius 2 is 2.00 bits per heavy atom. The largest absolute Gasteiger partial charge is 0.367 e. The lowest BCUT2D eigenvalue weighted by Gasteiger charge is -2.21. The minimum atomic E-state index is -0.449. The van der Waals surface area contributed by atoms with Crippen molar-refractivity contribution in [2.45, 2.75) is 32.1 Å². The van der Waals surface area contributed by atoms with E-state index in [0.717, 1.165) is 6.54 Å². The minimum Gasteiger partial charge on any atom is -0.367 e. The molecule has 0 spiro atoms. The number of hydrogen-bond acceptors (Lipinski definition) is 6. The normalized spacial score (nSPS) is 16.1. The monoisotopic (exact) mass is 265 g/mol. The molecule has 1 fully saturated rings. The molecule has 0 unspecified atom stereocenters. The van der Waals surface area contributed by atoms with E-state index in [0.29, 0.717) is 11.7 Å². The Kier molecular flexibility index (Phi) is 4.48. The number of nitrogens with zero attached hydrogens (tertiary/aromatic N) is 3. The Morgan fingerprint density at radius 3 is 2.63 bits per heavy atom. The van der Waals surface area contributed by atoms with E-state index in [1.165, 1.54) is 38.4 Å². The van der Waals surface area contributed by atoms with E-state index in [9.17, 15) is 10.1 Å². The van der Waals surface area contributed by atoms with Crippen molar-refractivity contribution in [2.24, 2.45) is 5.92 Å². The van der Waals surface area contributed by atoms with E-state index in [4.69, 9.17) is 0 Å². The molecule has 0 amide bonds. The van der Waals surface area contributed by atoms with Crippen LogP contribution in [0.5, 0.6) is 0 Å². The van der Waals surface area contributed by atoms with Crippen molar-refractivity contribution in [1.29, 1.82) is 0 Å². The van der Waals surface area contributed by atoms with Crippen molar-refractivity contribution in [3.05, 3.63) is 16.4 Å². The lowest BCUT2D eigenvalue weighted by atomic mass is 9.89. The van der Waals surface area contributed by atoms with Gasteiger partial charge in [0.25, 0.3) is 0 Å². The Labute approximate surface area is 112 Å². The first-order valence-electron chi connectivity index (χ1n) is 6.63. The molecule has 1 aromatic rings.